The summed E-state index contributed by atoms with van der Waals surface area (Å²) in [7, 11) is 0. The van der Waals surface area contributed by atoms with Crippen molar-refractivity contribution >= 4 is 5.65 Å². The van der Waals surface area contributed by atoms with Crippen LogP contribution in [-0.4, -0.2) is 24.3 Å². The number of nitrogens with zero attached hydrogens (tertiary/aromatic N) is 5. The van der Waals surface area contributed by atoms with Crippen LogP contribution in [0.4, 0.5) is 0 Å². The highest BCUT2D eigenvalue weighted by Crippen LogP contribution is 2.36. The molecule has 0 amide bonds. The Morgan fingerprint density at radius 1 is 1.36 bits per heavy atom. The van der Waals surface area contributed by atoms with Crippen LogP contribution in [0.3, 0.4) is 0 Å². The summed E-state index contributed by atoms with van der Waals surface area (Å²) in [6.07, 6.45) is 5.01. The molecule has 0 saturated heterocycles. The Labute approximate surface area is 125 Å². The number of aromatic nitrogens is 5. The van der Waals surface area contributed by atoms with E-state index in [1.807, 2.05) is 6.07 Å². The van der Waals surface area contributed by atoms with Crippen LogP contribution in [-0.2, 0) is 18.5 Å². The maximum absolute atomic E-state index is 12.1. The molecule has 8 nitrogen and oxygen atoms in total. The van der Waals surface area contributed by atoms with E-state index in [0.717, 1.165) is 19.3 Å². The normalized spacial score (nSPS) is 16.8. The lowest BCUT2D eigenvalue weighted by molar-refractivity contribution is 0.229. The third kappa shape index (κ3) is 2.03. The molecular weight excluding hydrogens is 284 g/mol. The topological polar surface area (TPSA) is 104 Å². The molecule has 22 heavy (non-hydrogen) atoms. The first kappa shape index (κ1) is 13.2. The van der Waals surface area contributed by atoms with E-state index >= 15 is 0 Å². The molecule has 1 aliphatic rings. The van der Waals surface area contributed by atoms with Crippen LogP contribution < -0.4 is 11.4 Å². The molecule has 0 aliphatic heterocycles. The lowest BCUT2D eigenvalue weighted by Gasteiger charge is -2.34. The van der Waals surface area contributed by atoms with E-state index in [4.69, 9.17) is 10.3 Å². The zero-order chi connectivity index (χ0) is 15.2. The van der Waals surface area contributed by atoms with Gasteiger partial charge < -0.3 is 10.3 Å². The van der Waals surface area contributed by atoms with Crippen molar-refractivity contribution in [2.24, 2.45) is 5.73 Å². The summed E-state index contributed by atoms with van der Waals surface area (Å²) < 4.78 is 8.14. The van der Waals surface area contributed by atoms with Crippen LogP contribution >= 0.6 is 0 Å². The number of aryl methyl sites for hydroxylation is 2. The van der Waals surface area contributed by atoms with Crippen molar-refractivity contribution in [1.82, 2.24) is 24.3 Å². The van der Waals surface area contributed by atoms with Crippen molar-refractivity contribution in [1.29, 1.82) is 0 Å². The minimum Gasteiger partial charge on any atom is -0.339 e. The average molecular weight is 300 g/mol. The van der Waals surface area contributed by atoms with E-state index in [0.29, 0.717) is 30.3 Å². The zero-order valence-electron chi connectivity index (χ0n) is 12.0. The number of nitrogens with two attached hydrogens (primary N) is 1. The Hall–Kier alpha value is -2.48. The van der Waals surface area contributed by atoms with Crippen molar-refractivity contribution in [3.63, 3.8) is 0 Å². The largest absolute Gasteiger partial charge is 0.350 e. The van der Waals surface area contributed by atoms with E-state index in [2.05, 4.69) is 15.2 Å². The van der Waals surface area contributed by atoms with Crippen LogP contribution in [0.5, 0.6) is 0 Å². The van der Waals surface area contributed by atoms with Crippen LogP contribution in [0.2, 0.25) is 0 Å². The summed E-state index contributed by atoms with van der Waals surface area (Å²) in [6, 6.07) is 5.43. The molecule has 114 valence electrons. The molecule has 4 rings (SSSR count). The number of rotatable bonds is 4. The average Bonchev–Trinajstić information content (AvgIpc) is 3.09. The molecule has 0 unspecified atom stereocenters. The fourth-order valence-electron chi connectivity index (χ4n) is 2.66. The standard InChI is InChI=1S/C14H16N6O2/c15-14(6-3-7-14)12-16-11(22-18-12)5-9-20-13(21)19-8-2-1-4-10(19)17-20/h1-2,4,8H,3,5-7,9,15H2. The van der Waals surface area contributed by atoms with E-state index in [-0.39, 0.29) is 5.69 Å². The van der Waals surface area contributed by atoms with Crippen molar-refractivity contribution in [3.05, 3.63) is 46.6 Å². The third-order valence-electron chi connectivity index (χ3n) is 4.19. The summed E-state index contributed by atoms with van der Waals surface area (Å²) >= 11 is 0. The molecule has 0 bridgehead atoms. The monoisotopic (exact) mass is 300 g/mol. The Morgan fingerprint density at radius 3 is 2.95 bits per heavy atom. The van der Waals surface area contributed by atoms with Gasteiger partial charge in [-0.25, -0.2) is 9.48 Å². The first-order valence-electron chi connectivity index (χ1n) is 7.32. The van der Waals surface area contributed by atoms with Gasteiger partial charge in [0.15, 0.2) is 11.5 Å². The van der Waals surface area contributed by atoms with E-state index in [9.17, 15) is 4.79 Å². The number of hydrogen-bond acceptors (Lipinski definition) is 6. The summed E-state index contributed by atoms with van der Waals surface area (Å²) in [6.45, 7) is 0.389. The molecule has 0 radical (unpaired) electrons. The number of fused-ring (bicyclic) bond motifs is 1. The number of pyridine rings is 1. The van der Waals surface area contributed by atoms with E-state index in [1.165, 1.54) is 9.08 Å². The van der Waals surface area contributed by atoms with Gasteiger partial charge >= 0.3 is 5.69 Å². The maximum Gasteiger partial charge on any atom is 0.350 e. The third-order valence-corrected chi connectivity index (χ3v) is 4.19. The maximum atomic E-state index is 12.1. The molecule has 1 fully saturated rings. The lowest BCUT2D eigenvalue weighted by atomic mass is 9.77. The quantitative estimate of drug-likeness (QED) is 0.750. The van der Waals surface area contributed by atoms with E-state index in [1.54, 1.807) is 18.3 Å². The number of hydrogen-bond donors (Lipinski definition) is 1. The predicted octanol–water partition coefficient (Wildman–Crippen LogP) is 0.460. The Bertz CT molecular complexity index is 873. The summed E-state index contributed by atoms with van der Waals surface area (Å²) in [5.74, 6) is 1.05. The molecular formula is C14H16N6O2. The highest BCUT2D eigenvalue weighted by atomic mass is 16.5. The summed E-state index contributed by atoms with van der Waals surface area (Å²) in [4.78, 5) is 16.5. The van der Waals surface area contributed by atoms with Gasteiger partial charge in [-0.05, 0) is 31.4 Å². The molecule has 0 aromatic carbocycles. The highest BCUT2D eigenvalue weighted by Gasteiger charge is 2.38. The van der Waals surface area contributed by atoms with Crippen molar-refractivity contribution in [3.8, 4) is 0 Å². The smallest absolute Gasteiger partial charge is 0.339 e. The SMILES string of the molecule is NC1(c2noc(CCn3nc4ccccn4c3=O)n2)CCC1. The minimum absolute atomic E-state index is 0.176. The highest BCUT2D eigenvalue weighted by molar-refractivity contribution is 5.35. The Kier molecular flexibility index (Phi) is 2.86. The van der Waals surface area contributed by atoms with Gasteiger partial charge in [0, 0.05) is 12.6 Å². The molecule has 2 N–H and O–H groups in total. The van der Waals surface area contributed by atoms with Crippen LogP contribution in [0, 0.1) is 0 Å². The molecule has 3 heterocycles. The van der Waals surface area contributed by atoms with Gasteiger partial charge in [0.2, 0.25) is 5.89 Å². The van der Waals surface area contributed by atoms with Crippen LogP contribution in [0.15, 0.2) is 33.7 Å². The second kappa shape index (κ2) is 4.77. The van der Waals surface area contributed by atoms with Crippen molar-refractivity contribution < 1.29 is 4.52 Å². The molecule has 0 spiro atoms. The summed E-state index contributed by atoms with van der Waals surface area (Å²) in [5.41, 5.74) is 6.18. The molecule has 8 heteroatoms. The Morgan fingerprint density at radius 2 is 2.23 bits per heavy atom. The van der Waals surface area contributed by atoms with Gasteiger partial charge in [0.25, 0.3) is 0 Å². The van der Waals surface area contributed by atoms with Crippen LogP contribution in [0.25, 0.3) is 5.65 Å². The fourth-order valence-corrected chi connectivity index (χ4v) is 2.66. The molecule has 1 saturated carbocycles. The second-order valence-corrected chi connectivity index (χ2v) is 5.71. The summed E-state index contributed by atoms with van der Waals surface area (Å²) in [5, 5.41) is 8.23. The lowest BCUT2D eigenvalue weighted by Crippen LogP contribution is -2.44. The first-order chi connectivity index (χ1) is 10.7. The Balaban J connectivity index is 1.52. The fraction of sp³-hybridized carbons (Fsp3) is 0.429. The molecule has 3 aromatic rings. The van der Waals surface area contributed by atoms with Gasteiger partial charge in [-0.3, -0.25) is 4.40 Å². The first-order valence-corrected chi connectivity index (χ1v) is 7.32. The van der Waals surface area contributed by atoms with Gasteiger partial charge in [-0.1, -0.05) is 11.2 Å². The zero-order valence-corrected chi connectivity index (χ0v) is 12.0. The van der Waals surface area contributed by atoms with Gasteiger partial charge in [0.1, 0.15) is 0 Å². The molecule has 3 aromatic heterocycles. The second-order valence-electron chi connectivity index (χ2n) is 5.71. The van der Waals surface area contributed by atoms with Crippen molar-refractivity contribution in [2.75, 3.05) is 0 Å². The molecule has 1 aliphatic carbocycles. The molecule has 0 atom stereocenters. The van der Waals surface area contributed by atoms with E-state index < -0.39 is 5.54 Å². The van der Waals surface area contributed by atoms with Gasteiger partial charge in [0.05, 0.1) is 12.1 Å². The predicted molar refractivity (Wildman–Crippen MR) is 77.2 cm³/mol. The minimum atomic E-state index is -0.429. The van der Waals surface area contributed by atoms with Crippen LogP contribution in [0.1, 0.15) is 31.0 Å². The van der Waals surface area contributed by atoms with Gasteiger partial charge in [-0.15, -0.1) is 5.10 Å². The van der Waals surface area contributed by atoms with Crippen molar-refractivity contribution in [2.45, 2.75) is 37.8 Å². The van der Waals surface area contributed by atoms with Gasteiger partial charge in [-0.2, -0.15) is 4.98 Å².